The number of nitrogens with one attached hydrogen (secondary N) is 1. The summed E-state index contributed by atoms with van der Waals surface area (Å²) < 4.78 is 5.05. The molecule has 0 saturated heterocycles. The zero-order chi connectivity index (χ0) is 11.6. The first kappa shape index (κ1) is 14.0. The first-order valence-electron chi connectivity index (χ1n) is 7.09. The van der Waals surface area contributed by atoms with Gasteiger partial charge in [-0.05, 0) is 44.6 Å². The van der Waals surface area contributed by atoms with Crippen molar-refractivity contribution in [1.29, 1.82) is 0 Å². The van der Waals surface area contributed by atoms with Crippen LogP contribution in [0.3, 0.4) is 0 Å². The fourth-order valence-electron chi connectivity index (χ4n) is 2.67. The molecular formula is C14H29NO. The summed E-state index contributed by atoms with van der Waals surface area (Å²) in [4.78, 5) is 0. The minimum absolute atomic E-state index is 0.791. The van der Waals surface area contributed by atoms with E-state index < -0.39 is 0 Å². The normalized spacial score (nSPS) is 26.6. The summed E-state index contributed by atoms with van der Waals surface area (Å²) in [6.07, 6.45) is 10.9. The maximum atomic E-state index is 5.05. The zero-order valence-electron chi connectivity index (χ0n) is 11.1. The molecule has 0 aromatic carbocycles. The van der Waals surface area contributed by atoms with Crippen LogP contribution in [0.15, 0.2) is 0 Å². The Morgan fingerprint density at radius 2 is 2.00 bits per heavy atom. The molecule has 0 aliphatic heterocycles. The molecule has 16 heavy (non-hydrogen) atoms. The van der Waals surface area contributed by atoms with Gasteiger partial charge in [-0.3, -0.25) is 0 Å². The van der Waals surface area contributed by atoms with Crippen LogP contribution in [0.4, 0.5) is 0 Å². The lowest BCUT2D eigenvalue weighted by Crippen LogP contribution is -2.29. The van der Waals surface area contributed by atoms with Gasteiger partial charge in [0.05, 0.1) is 0 Å². The Bertz CT molecular complexity index is 161. The molecule has 1 aliphatic carbocycles. The van der Waals surface area contributed by atoms with Crippen LogP contribution in [-0.2, 0) is 4.74 Å². The van der Waals surface area contributed by atoms with Crippen molar-refractivity contribution >= 4 is 0 Å². The van der Waals surface area contributed by atoms with Crippen LogP contribution in [0.5, 0.6) is 0 Å². The van der Waals surface area contributed by atoms with Crippen LogP contribution in [-0.4, -0.2) is 26.3 Å². The quantitative estimate of drug-likeness (QED) is 0.532. The SMILES string of the molecule is CCC1CCCC(NCCCCOC)CC1. The molecule has 2 atom stereocenters. The van der Waals surface area contributed by atoms with Crippen molar-refractivity contribution in [3.63, 3.8) is 0 Å². The molecule has 1 rings (SSSR count). The molecule has 1 N–H and O–H groups in total. The molecule has 1 fully saturated rings. The van der Waals surface area contributed by atoms with Gasteiger partial charge in [-0.25, -0.2) is 0 Å². The van der Waals surface area contributed by atoms with Gasteiger partial charge < -0.3 is 10.1 Å². The van der Waals surface area contributed by atoms with E-state index in [1.165, 1.54) is 57.9 Å². The second-order valence-corrected chi connectivity index (χ2v) is 5.13. The Kier molecular flexibility index (Phi) is 7.87. The van der Waals surface area contributed by atoms with E-state index in [0.717, 1.165) is 18.6 Å². The lowest BCUT2D eigenvalue weighted by molar-refractivity contribution is 0.192. The number of hydrogen-bond donors (Lipinski definition) is 1. The van der Waals surface area contributed by atoms with E-state index in [-0.39, 0.29) is 0 Å². The number of rotatable bonds is 7. The monoisotopic (exact) mass is 227 g/mol. The summed E-state index contributed by atoms with van der Waals surface area (Å²) in [6.45, 7) is 4.41. The molecular weight excluding hydrogens is 198 g/mol. The highest BCUT2D eigenvalue weighted by Gasteiger charge is 2.16. The summed E-state index contributed by atoms with van der Waals surface area (Å²) in [5.41, 5.74) is 0. The van der Waals surface area contributed by atoms with Gasteiger partial charge in [0.25, 0.3) is 0 Å². The molecule has 2 unspecified atom stereocenters. The van der Waals surface area contributed by atoms with Crippen molar-refractivity contribution in [3.05, 3.63) is 0 Å². The Morgan fingerprint density at radius 1 is 1.12 bits per heavy atom. The molecule has 2 heteroatoms. The highest BCUT2D eigenvalue weighted by Crippen LogP contribution is 2.25. The van der Waals surface area contributed by atoms with Crippen LogP contribution in [0, 0.1) is 5.92 Å². The third kappa shape index (κ3) is 5.86. The fraction of sp³-hybridized carbons (Fsp3) is 1.00. The van der Waals surface area contributed by atoms with Crippen LogP contribution in [0.2, 0.25) is 0 Å². The molecule has 0 aromatic heterocycles. The predicted octanol–water partition coefficient (Wildman–Crippen LogP) is 3.36. The van der Waals surface area contributed by atoms with Gasteiger partial charge in [0, 0.05) is 19.8 Å². The Hall–Kier alpha value is -0.0800. The van der Waals surface area contributed by atoms with Crippen LogP contribution < -0.4 is 5.32 Å². The first-order valence-corrected chi connectivity index (χ1v) is 7.09. The van der Waals surface area contributed by atoms with Crippen molar-refractivity contribution in [1.82, 2.24) is 5.32 Å². The van der Waals surface area contributed by atoms with Crippen molar-refractivity contribution in [2.75, 3.05) is 20.3 Å². The average molecular weight is 227 g/mol. The maximum absolute atomic E-state index is 5.05. The summed E-state index contributed by atoms with van der Waals surface area (Å²) in [7, 11) is 1.78. The fourth-order valence-corrected chi connectivity index (χ4v) is 2.67. The predicted molar refractivity (Wildman–Crippen MR) is 69.8 cm³/mol. The molecule has 0 aromatic rings. The van der Waals surface area contributed by atoms with Crippen LogP contribution in [0.1, 0.15) is 58.3 Å². The minimum Gasteiger partial charge on any atom is -0.385 e. The number of methoxy groups -OCH3 is 1. The number of ether oxygens (including phenoxy) is 1. The number of unbranched alkanes of at least 4 members (excludes halogenated alkanes) is 1. The topological polar surface area (TPSA) is 21.3 Å². The summed E-state index contributed by atoms with van der Waals surface area (Å²) >= 11 is 0. The summed E-state index contributed by atoms with van der Waals surface area (Å²) in [5.74, 6) is 1.00. The molecule has 1 aliphatic rings. The second-order valence-electron chi connectivity index (χ2n) is 5.13. The lowest BCUT2D eigenvalue weighted by atomic mass is 9.98. The molecule has 2 nitrogen and oxygen atoms in total. The van der Waals surface area contributed by atoms with E-state index >= 15 is 0 Å². The third-order valence-corrected chi connectivity index (χ3v) is 3.87. The standard InChI is InChI=1S/C14H29NO/c1-3-13-7-6-8-14(10-9-13)15-11-4-5-12-16-2/h13-15H,3-12H2,1-2H3. The Labute approximate surface area is 101 Å². The van der Waals surface area contributed by atoms with E-state index in [0.29, 0.717) is 0 Å². The third-order valence-electron chi connectivity index (χ3n) is 3.87. The smallest absolute Gasteiger partial charge is 0.0462 e. The molecule has 0 amide bonds. The number of hydrogen-bond acceptors (Lipinski definition) is 2. The Morgan fingerprint density at radius 3 is 2.75 bits per heavy atom. The molecule has 0 radical (unpaired) electrons. The van der Waals surface area contributed by atoms with E-state index in [1.54, 1.807) is 7.11 Å². The molecule has 0 heterocycles. The van der Waals surface area contributed by atoms with E-state index in [1.807, 2.05) is 0 Å². The maximum Gasteiger partial charge on any atom is 0.0462 e. The van der Waals surface area contributed by atoms with E-state index in [2.05, 4.69) is 12.2 Å². The van der Waals surface area contributed by atoms with Crippen molar-refractivity contribution in [2.24, 2.45) is 5.92 Å². The molecule has 0 spiro atoms. The second kappa shape index (κ2) is 9.00. The Balaban J connectivity index is 2.03. The van der Waals surface area contributed by atoms with Gasteiger partial charge in [-0.15, -0.1) is 0 Å². The summed E-state index contributed by atoms with van der Waals surface area (Å²) in [6, 6.07) is 0.791. The highest BCUT2D eigenvalue weighted by molar-refractivity contribution is 4.74. The van der Waals surface area contributed by atoms with Gasteiger partial charge in [0.15, 0.2) is 0 Å². The first-order chi connectivity index (χ1) is 7.86. The van der Waals surface area contributed by atoms with Crippen LogP contribution >= 0.6 is 0 Å². The average Bonchev–Trinajstić information content (AvgIpc) is 2.54. The molecule has 0 bridgehead atoms. The molecule has 1 saturated carbocycles. The summed E-state index contributed by atoms with van der Waals surface area (Å²) in [5, 5.41) is 3.71. The highest BCUT2D eigenvalue weighted by atomic mass is 16.5. The van der Waals surface area contributed by atoms with Crippen molar-refractivity contribution in [2.45, 2.75) is 64.3 Å². The minimum atomic E-state index is 0.791. The lowest BCUT2D eigenvalue weighted by Gasteiger charge is -2.16. The van der Waals surface area contributed by atoms with Gasteiger partial charge in [-0.2, -0.15) is 0 Å². The largest absolute Gasteiger partial charge is 0.385 e. The van der Waals surface area contributed by atoms with Crippen LogP contribution in [0.25, 0.3) is 0 Å². The van der Waals surface area contributed by atoms with Gasteiger partial charge in [0.2, 0.25) is 0 Å². The molecule has 96 valence electrons. The van der Waals surface area contributed by atoms with Gasteiger partial charge in [0.1, 0.15) is 0 Å². The van der Waals surface area contributed by atoms with E-state index in [9.17, 15) is 0 Å². The zero-order valence-corrected chi connectivity index (χ0v) is 11.1. The van der Waals surface area contributed by atoms with Gasteiger partial charge in [-0.1, -0.05) is 26.2 Å². The van der Waals surface area contributed by atoms with Crippen molar-refractivity contribution in [3.8, 4) is 0 Å². The van der Waals surface area contributed by atoms with Gasteiger partial charge >= 0.3 is 0 Å². The van der Waals surface area contributed by atoms with E-state index in [4.69, 9.17) is 4.74 Å². The van der Waals surface area contributed by atoms with Crippen molar-refractivity contribution < 1.29 is 4.74 Å².